The number of amides is 1. The number of nitrogens with one attached hydrogen (secondary N) is 1. The van der Waals surface area contributed by atoms with E-state index >= 15 is 0 Å². The molecule has 186 valence electrons. The van der Waals surface area contributed by atoms with Gasteiger partial charge in [0.05, 0.1) is 25.8 Å². The van der Waals surface area contributed by atoms with Gasteiger partial charge in [-0.15, -0.1) is 0 Å². The molecule has 1 aliphatic heterocycles. The summed E-state index contributed by atoms with van der Waals surface area (Å²) in [6.45, 7) is 2.40. The number of rotatable bonds is 6. The highest BCUT2D eigenvalue weighted by Crippen LogP contribution is 2.47. The van der Waals surface area contributed by atoms with Gasteiger partial charge in [0, 0.05) is 37.6 Å². The van der Waals surface area contributed by atoms with Crippen LogP contribution in [0.25, 0.3) is 0 Å². The maximum Gasteiger partial charge on any atom is 0.257 e. The van der Waals surface area contributed by atoms with Crippen molar-refractivity contribution in [3.8, 4) is 0 Å². The Morgan fingerprint density at radius 2 is 1.85 bits per heavy atom. The maximum atomic E-state index is 14.0. The quantitative estimate of drug-likeness (QED) is 0.334. The zero-order valence-electron chi connectivity index (χ0n) is 19.4. The monoisotopic (exact) mass is 586 g/mol. The summed E-state index contributed by atoms with van der Waals surface area (Å²) in [4.78, 5) is 17.8. The number of piperidine rings is 1. The molecule has 1 aromatic carbocycles. The molecule has 6 nitrogen and oxygen atoms in total. The standard InChI is InChI=1S/C25H32F2N4O2.HI/c1-31(17-21-8-5-9-22(28)29-21)14-11-20(12-15-31)30-23(32)25(33,18-6-3-2-4-7-18)19-10-13-24(26,27)16-19;/h2-9,19-20,33H,10-17H2,1H3,(H2-,28,29,30,32);1H/t19-,20?,25+,31?;/m1./s1. The van der Waals surface area contributed by atoms with Gasteiger partial charge in [-0.1, -0.05) is 36.4 Å². The number of anilines is 1. The van der Waals surface area contributed by atoms with E-state index in [9.17, 15) is 18.7 Å². The topological polar surface area (TPSA) is 88.2 Å². The van der Waals surface area contributed by atoms with Crippen LogP contribution in [0.5, 0.6) is 0 Å². The van der Waals surface area contributed by atoms with E-state index in [1.807, 2.05) is 12.1 Å². The summed E-state index contributed by atoms with van der Waals surface area (Å²) in [5, 5.41) is 14.6. The minimum atomic E-state index is -2.85. The number of nitrogen functional groups attached to an aromatic ring is 1. The first-order chi connectivity index (χ1) is 15.6. The number of alkyl halides is 2. The Kier molecular flexibility index (Phi) is 8.19. The summed E-state index contributed by atoms with van der Waals surface area (Å²) >= 11 is 0. The smallest absolute Gasteiger partial charge is 0.257 e. The summed E-state index contributed by atoms with van der Waals surface area (Å²) < 4.78 is 28.8. The predicted octanol–water partition coefficient (Wildman–Crippen LogP) is 0.216. The average Bonchev–Trinajstić information content (AvgIpc) is 3.15. The number of nitrogens with two attached hydrogens (primary N) is 1. The van der Waals surface area contributed by atoms with Crippen molar-refractivity contribution in [2.24, 2.45) is 5.92 Å². The van der Waals surface area contributed by atoms with E-state index in [1.165, 1.54) is 0 Å². The molecular weight excluding hydrogens is 553 g/mol. The number of hydrogen-bond donors (Lipinski definition) is 3. The van der Waals surface area contributed by atoms with Gasteiger partial charge >= 0.3 is 0 Å². The number of likely N-dealkylation sites (tertiary alicyclic amines) is 1. The molecule has 2 aliphatic rings. The van der Waals surface area contributed by atoms with Crippen LogP contribution in [0.15, 0.2) is 48.5 Å². The normalized spacial score (nSPS) is 27.9. The minimum Gasteiger partial charge on any atom is -1.00 e. The zero-order valence-corrected chi connectivity index (χ0v) is 21.5. The molecular formula is C25H33F2IN4O2. The van der Waals surface area contributed by atoms with Crippen LogP contribution in [-0.4, -0.2) is 52.6 Å². The third kappa shape index (κ3) is 5.85. The highest BCUT2D eigenvalue weighted by atomic mass is 127. The van der Waals surface area contributed by atoms with E-state index in [1.54, 1.807) is 36.4 Å². The van der Waals surface area contributed by atoms with Crippen LogP contribution in [0.3, 0.4) is 0 Å². The molecule has 2 aromatic rings. The fourth-order valence-corrected chi connectivity index (χ4v) is 5.32. The molecule has 0 unspecified atom stereocenters. The van der Waals surface area contributed by atoms with Crippen LogP contribution < -0.4 is 35.0 Å². The first-order valence-corrected chi connectivity index (χ1v) is 11.6. The third-order valence-corrected chi connectivity index (χ3v) is 7.30. The van der Waals surface area contributed by atoms with Gasteiger partial charge in [0.1, 0.15) is 12.4 Å². The van der Waals surface area contributed by atoms with Gasteiger partial charge < -0.3 is 44.6 Å². The lowest BCUT2D eigenvalue weighted by Gasteiger charge is -2.41. The molecule has 4 rings (SSSR count). The van der Waals surface area contributed by atoms with Crippen molar-refractivity contribution in [3.05, 3.63) is 59.8 Å². The Labute approximate surface area is 216 Å². The Morgan fingerprint density at radius 3 is 2.44 bits per heavy atom. The van der Waals surface area contributed by atoms with Crippen LogP contribution in [0.1, 0.15) is 43.4 Å². The number of aromatic nitrogens is 1. The van der Waals surface area contributed by atoms with E-state index in [0.29, 0.717) is 11.4 Å². The minimum absolute atomic E-state index is 0. The molecule has 9 heteroatoms. The Morgan fingerprint density at radius 1 is 1.18 bits per heavy atom. The lowest BCUT2D eigenvalue weighted by Crippen LogP contribution is -3.00. The largest absolute Gasteiger partial charge is 1.00 e. The summed E-state index contributed by atoms with van der Waals surface area (Å²) in [5.41, 5.74) is 5.14. The van der Waals surface area contributed by atoms with Crippen molar-refractivity contribution in [1.82, 2.24) is 10.3 Å². The lowest BCUT2D eigenvalue weighted by atomic mass is 9.79. The second-order valence-corrected chi connectivity index (χ2v) is 9.95. The van der Waals surface area contributed by atoms with Crippen molar-refractivity contribution in [3.63, 3.8) is 0 Å². The van der Waals surface area contributed by atoms with Gasteiger partial charge in [-0.25, -0.2) is 13.8 Å². The van der Waals surface area contributed by atoms with E-state index in [2.05, 4.69) is 17.3 Å². The number of hydrogen-bond acceptors (Lipinski definition) is 4. The fourth-order valence-electron chi connectivity index (χ4n) is 5.32. The SMILES string of the molecule is C[N+]1(Cc2cccc(N)n2)CCC(NC(=O)[C@](O)(c2ccccc2)[C@@H]2CCC(F)(F)C2)CC1.[I-]. The van der Waals surface area contributed by atoms with Gasteiger partial charge in [-0.2, -0.15) is 0 Å². The van der Waals surface area contributed by atoms with Crippen LogP contribution in [-0.2, 0) is 16.9 Å². The van der Waals surface area contributed by atoms with Crippen molar-refractivity contribution in [2.75, 3.05) is 25.9 Å². The molecule has 1 aliphatic carbocycles. The van der Waals surface area contributed by atoms with Crippen LogP contribution in [0, 0.1) is 5.92 Å². The second kappa shape index (κ2) is 10.4. The number of quaternary nitrogens is 1. The first-order valence-electron chi connectivity index (χ1n) is 11.6. The van der Waals surface area contributed by atoms with Crippen molar-refractivity contribution >= 4 is 11.7 Å². The Bertz CT molecular complexity index is 986. The summed E-state index contributed by atoms with van der Waals surface area (Å²) in [6, 6.07) is 14.0. The number of pyridine rings is 1. The van der Waals surface area contributed by atoms with Gasteiger partial charge in [0.25, 0.3) is 5.91 Å². The van der Waals surface area contributed by atoms with Crippen molar-refractivity contribution < 1.29 is 47.1 Å². The van der Waals surface area contributed by atoms with Gasteiger partial charge in [-0.05, 0) is 24.1 Å². The molecule has 1 saturated heterocycles. The zero-order chi connectivity index (χ0) is 23.7. The summed E-state index contributed by atoms with van der Waals surface area (Å²) in [5.74, 6) is -3.75. The van der Waals surface area contributed by atoms with Gasteiger partial charge in [-0.3, -0.25) is 4.79 Å². The van der Waals surface area contributed by atoms with Gasteiger partial charge in [0.15, 0.2) is 5.60 Å². The molecule has 2 heterocycles. The third-order valence-electron chi connectivity index (χ3n) is 7.30. The van der Waals surface area contributed by atoms with Gasteiger partial charge in [0.2, 0.25) is 5.92 Å². The molecule has 0 spiro atoms. The van der Waals surface area contributed by atoms with E-state index in [-0.39, 0.29) is 42.9 Å². The molecule has 2 fully saturated rings. The number of nitrogens with zero attached hydrogens (tertiary/aromatic N) is 2. The van der Waals surface area contributed by atoms with Crippen LogP contribution in [0.4, 0.5) is 14.6 Å². The molecule has 0 bridgehead atoms. The molecule has 2 atom stereocenters. The number of carbonyl (C=O) groups excluding carboxylic acids is 1. The molecule has 34 heavy (non-hydrogen) atoms. The van der Waals surface area contributed by atoms with Crippen LogP contribution >= 0.6 is 0 Å². The Balaban J connectivity index is 0.00000324. The molecule has 1 aromatic heterocycles. The van der Waals surface area contributed by atoms with E-state index in [0.717, 1.165) is 42.7 Å². The van der Waals surface area contributed by atoms with Crippen LogP contribution in [0.2, 0.25) is 0 Å². The van der Waals surface area contributed by atoms with Crippen molar-refractivity contribution in [1.29, 1.82) is 0 Å². The number of benzene rings is 1. The maximum absolute atomic E-state index is 14.0. The number of carbonyl (C=O) groups is 1. The van der Waals surface area contributed by atoms with Crippen molar-refractivity contribution in [2.45, 2.75) is 56.2 Å². The number of aliphatic hydroxyl groups is 1. The molecule has 1 amide bonds. The average molecular weight is 586 g/mol. The van der Waals surface area contributed by atoms with E-state index < -0.39 is 29.8 Å². The number of halogens is 3. The highest BCUT2D eigenvalue weighted by Gasteiger charge is 2.53. The molecule has 4 N–H and O–H groups in total. The summed E-state index contributed by atoms with van der Waals surface area (Å²) in [6.07, 6.45) is 0.779. The molecule has 0 radical (unpaired) electrons. The molecule has 1 saturated carbocycles. The predicted molar refractivity (Wildman–Crippen MR) is 122 cm³/mol. The first kappa shape index (κ1) is 26.7. The lowest BCUT2D eigenvalue weighted by molar-refractivity contribution is -0.927. The fraction of sp³-hybridized carbons (Fsp3) is 0.520. The Hall–Kier alpha value is -1.85. The van der Waals surface area contributed by atoms with E-state index in [4.69, 9.17) is 5.73 Å². The highest BCUT2D eigenvalue weighted by molar-refractivity contribution is 5.87. The summed E-state index contributed by atoms with van der Waals surface area (Å²) in [7, 11) is 2.16. The second-order valence-electron chi connectivity index (χ2n) is 9.95.